The third-order valence-electron chi connectivity index (χ3n) is 6.13. The van der Waals surface area contributed by atoms with E-state index in [1.807, 2.05) is 6.92 Å². The average Bonchev–Trinajstić information content (AvgIpc) is 3.18. The number of carbonyl (C=O) groups excluding carboxylic acids is 1. The normalized spacial score (nSPS) is 16.6. The fraction of sp³-hybridized carbons (Fsp3) is 0.435. The molecule has 1 aromatic carbocycles. The van der Waals surface area contributed by atoms with Crippen LogP contribution in [0.3, 0.4) is 0 Å². The van der Waals surface area contributed by atoms with Gasteiger partial charge in [0, 0.05) is 6.20 Å². The first-order chi connectivity index (χ1) is 15.4. The molecule has 1 aliphatic carbocycles. The highest BCUT2D eigenvalue weighted by Crippen LogP contribution is 2.31. The van der Waals surface area contributed by atoms with Crippen LogP contribution < -0.4 is 15.8 Å². The van der Waals surface area contributed by atoms with Gasteiger partial charge >= 0.3 is 0 Å². The van der Waals surface area contributed by atoms with Crippen LogP contribution in [0.2, 0.25) is 0 Å². The third kappa shape index (κ3) is 4.58. The number of aryl methyl sites for hydroxylation is 1. The Morgan fingerprint density at radius 3 is 2.84 bits per heavy atom. The van der Waals surface area contributed by atoms with E-state index in [9.17, 15) is 14.3 Å². The summed E-state index contributed by atoms with van der Waals surface area (Å²) in [5.41, 5.74) is 7.57. The number of nitrogens with zero attached hydrogens (tertiary/aromatic N) is 2. The monoisotopic (exact) mass is 441 g/mol. The Bertz CT molecular complexity index is 1110. The maximum atomic E-state index is 14.8. The summed E-state index contributed by atoms with van der Waals surface area (Å²) in [6.07, 6.45) is 7.79. The van der Waals surface area contributed by atoms with Crippen LogP contribution in [0.25, 0.3) is 11.0 Å². The molecule has 170 valence electrons. The number of ether oxygens (including phenoxy) is 1. The number of rotatable bonds is 7. The van der Waals surface area contributed by atoms with Gasteiger partial charge in [0.15, 0.2) is 11.6 Å². The molecular formula is C23H28FN5O3. The molecule has 0 unspecified atom stereocenters. The molecule has 1 aliphatic rings. The van der Waals surface area contributed by atoms with Gasteiger partial charge in [-0.05, 0) is 49.4 Å². The maximum absolute atomic E-state index is 14.8. The molecule has 0 bridgehead atoms. The third-order valence-corrected chi connectivity index (χ3v) is 6.13. The quantitative estimate of drug-likeness (QED) is 0.447. The van der Waals surface area contributed by atoms with Gasteiger partial charge in [0.1, 0.15) is 12.0 Å². The lowest BCUT2D eigenvalue weighted by molar-refractivity contribution is -0.125. The van der Waals surface area contributed by atoms with Gasteiger partial charge in [0.2, 0.25) is 11.8 Å². The van der Waals surface area contributed by atoms with E-state index in [1.165, 1.54) is 18.5 Å². The minimum atomic E-state index is -0.851. The summed E-state index contributed by atoms with van der Waals surface area (Å²) in [7, 11) is 0. The molecule has 0 saturated heterocycles. The maximum Gasteiger partial charge on any atom is 0.237 e. The lowest BCUT2D eigenvalue weighted by Crippen LogP contribution is -2.57. The average molecular weight is 442 g/mol. The van der Waals surface area contributed by atoms with Crippen molar-refractivity contribution in [3.8, 4) is 11.6 Å². The van der Waals surface area contributed by atoms with Gasteiger partial charge < -0.3 is 25.9 Å². The highest BCUT2D eigenvalue weighted by molar-refractivity contribution is 5.84. The van der Waals surface area contributed by atoms with Gasteiger partial charge in [-0.1, -0.05) is 25.3 Å². The highest BCUT2D eigenvalue weighted by atomic mass is 19.1. The Labute approximate surface area is 185 Å². The minimum absolute atomic E-state index is 0.0220. The van der Waals surface area contributed by atoms with Crippen LogP contribution in [0.15, 0.2) is 30.7 Å². The van der Waals surface area contributed by atoms with Crippen molar-refractivity contribution < 1.29 is 19.0 Å². The Morgan fingerprint density at radius 1 is 1.34 bits per heavy atom. The zero-order chi connectivity index (χ0) is 22.7. The van der Waals surface area contributed by atoms with E-state index in [0.29, 0.717) is 16.6 Å². The first kappa shape index (κ1) is 22.2. The molecule has 1 fully saturated rings. The number of H-pyrrole nitrogens is 1. The van der Waals surface area contributed by atoms with Crippen molar-refractivity contribution in [2.24, 2.45) is 5.73 Å². The largest absolute Gasteiger partial charge is 0.435 e. The number of aliphatic hydroxyl groups is 1. The molecule has 9 heteroatoms. The zero-order valence-electron chi connectivity index (χ0n) is 18.0. The van der Waals surface area contributed by atoms with E-state index >= 15 is 0 Å². The van der Waals surface area contributed by atoms with Crippen LogP contribution in [-0.4, -0.2) is 44.2 Å². The van der Waals surface area contributed by atoms with Crippen LogP contribution in [0.4, 0.5) is 4.39 Å². The number of nitrogens with one attached hydrogen (secondary N) is 2. The molecular weight excluding hydrogens is 413 g/mol. The summed E-state index contributed by atoms with van der Waals surface area (Å²) < 4.78 is 20.5. The van der Waals surface area contributed by atoms with E-state index < -0.39 is 17.4 Å². The van der Waals surface area contributed by atoms with Crippen molar-refractivity contribution in [1.82, 2.24) is 20.3 Å². The molecule has 3 aromatic rings. The Morgan fingerprint density at radius 2 is 2.12 bits per heavy atom. The van der Waals surface area contributed by atoms with Crippen molar-refractivity contribution in [1.29, 1.82) is 0 Å². The van der Waals surface area contributed by atoms with E-state index in [4.69, 9.17) is 10.5 Å². The SMILES string of the molecule is Cc1c[nH]c2ncnc(Oc3ccc(C[C@H](N)C(=O)NC4(CO)CCCCC4)cc3F)c12. The van der Waals surface area contributed by atoms with Crippen LogP contribution in [0.1, 0.15) is 43.2 Å². The Kier molecular flexibility index (Phi) is 6.38. The van der Waals surface area contributed by atoms with Gasteiger partial charge in [0.25, 0.3) is 0 Å². The lowest BCUT2D eigenvalue weighted by atomic mass is 9.82. The van der Waals surface area contributed by atoms with Crippen LogP contribution in [-0.2, 0) is 11.2 Å². The molecule has 2 aromatic heterocycles. The van der Waals surface area contributed by atoms with Crippen molar-refractivity contribution in [2.45, 2.75) is 57.0 Å². The molecule has 4 rings (SSSR count). The fourth-order valence-corrected chi connectivity index (χ4v) is 4.27. The molecule has 0 aliphatic heterocycles. The number of aromatic amines is 1. The summed E-state index contributed by atoms with van der Waals surface area (Å²) in [6, 6.07) is 3.64. The van der Waals surface area contributed by atoms with E-state index in [-0.39, 0.29) is 30.6 Å². The van der Waals surface area contributed by atoms with Gasteiger partial charge in [-0.25, -0.2) is 14.4 Å². The van der Waals surface area contributed by atoms with E-state index in [1.54, 1.807) is 12.3 Å². The van der Waals surface area contributed by atoms with Crippen molar-refractivity contribution >= 4 is 16.9 Å². The smallest absolute Gasteiger partial charge is 0.237 e. The van der Waals surface area contributed by atoms with Crippen LogP contribution in [0, 0.1) is 12.7 Å². The highest BCUT2D eigenvalue weighted by Gasteiger charge is 2.34. The van der Waals surface area contributed by atoms with Crippen molar-refractivity contribution in [3.05, 3.63) is 47.7 Å². The van der Waals surface area contributed by atoms with Gasteiger partial charge in [0.05, 0.1) is 23.6 Å². The summed E-state index contributed by atoms with van der Waals surface area (Å²) in [6.45, 7) is 1.78. The van der Waals surface area contributed by atoms with Gasteiger partial charge in [-0.2, -0.15) is 0 Å². The number of carbonyl (C=O) groups is 1. The Hall–Kier alpha value is -3.04. The second kappa shape index (κ2) is 9.22. The predicted octanol–water partition coefficient (Wildman–Crippen LogP) is 2.88. The number of amides is 1. The first-order valence-corrected chi connectivity index (χ1v) is 10.8. The second-order valence-corrected chi connectivity index (χ2v) is 8.54. The van der Waals surface area contributed by atoms with Crippen LogP contribution in [0.5, 0.6) is 11.6 Å². The molecule has 8 nitrogen and oxygen atoms in total. The molecule has 2 heterocycles. The molecule has 1 amide bonds. The number of aliphatic hydroxyl groups excluding tert-OH is 1. The van der Waals surface area contributed by atoms with Crippen molar-refractivity contribution in [2.75, 3.05) is 6.61 Å². The standard InChI is InChI=1S/C23H28FN5O3/c1-14-11-26-20-19(14)22(28-13-27-20)32-18-6-5-15(9-16(18)24)10-17(25)21(31)29-23(12-30)7-3-2-4-8-23/h5-6,9,11,13,17,30H,2-4,7-8,10,12,25H2,1H3,(H,29,31)(H,26,27,28)/t17-/m0/s1. The number of halogens is 1. The number of fused-ring (bicyclic) bond motifs is 1. The number of aromatic nitrogens is 3. The molecule has 32 heavy (non-hydrogen) atoms. The lowest BCUT2D eigenvalue weighted by Gasteiger charge is -2.37. The van der Waals surface area contributed by atoms with Crippen LogP contribution >= 0.6 is 0 Å². The fourth-order valence-electron chi connectivity index (χ4n) is 4.27. The summed E-state index contributed by atoms with van der Waals surface area (Å²) in [5, 5.41) is 13.4. The first-order valence-electron chi connectivity index (χ1n) is 10.8. The number of hydrogen-bond acceptors (Lipinski definition) is 6. The summed E-state index contributed by atoms with van der Waals surface area (Å²) in [5.74, 6) is -0.630. The number of benzene rings is 1. The van der Waals surface area contributed by atoms with E-state index in [2.05, 4.69) is 20.3 Å². The second-order valence-electron chi connectivity index (χ2n) is 8.54. The Balaban J connectivity index is 1.44. The zero-order valence-corrected chi connectivity index (χ0v) is 18.0. The van der Waals surface area contributed by atoms with Gasteiger partial charge in [-0.3, -0.25) is 4.79 Å². The number of nitrogens with two attached hydrogens (primary N) is 1. The summed E-state index contributed by atoms with van der Waals surface area (Å²) in [4.78, 5) is 23.9. The van der Waals surface area contributed by atoms with Gasteiger partial charge in [-0.15, -0.1) is 0 Å². The number of hydrogen-bond donors (Lipinski definition) is 4. The summed E-state index contributed by atoms with van der Waals surface area (Å²) >= 11 is 0. The molecule has 0 spiro atoms. The molecule has 1 atom stereocenters. The molecule has 1 saturated carbocycles. The predicted molar refractivity (Wildman–Crippen MR) is 118 cm³/mol. The minimum Gasteiger partial charge on any atom is -0.435 e. The molecule has 5 N–H and O–H groups in total. The molecule has 0 radical (unpaired) electrons. The van der Waals surface area contributed by atoms with Crippen molar-refractivity contribution in [3.63, 3.8) is 0 Å². The topological polar surface area (TPSA) is 126 Å². The van der Waals surface area contributed by atoms with E-state index in [0.717, 1.165) is 37.7 Å².